The lowest BCUT2D eigenvalue weighted by molar-refractivity contribution is -0.142. The number of nitrogens with one attached hydrogen (secondary N) is 1. The average molecular weight is 215 g/mol. The Morgan fingerprint density at radius 1 is 1.20 bits per heavy atom. The minimum atomic E-state index is -1.10. The Morgan fingerprint density at radius 2 is 1.80 bits per heavy atom. The highest BCUT2D eigenvalue weighted by molar-refractivity contribution is 5.84. The molecule has 1 amide bonds. The zero-order valence-electron chi connectivity index (χ0n) is 9.08. The topological polar surface area (TPSA) is 83.5 Å². The van der Waals surface area contributed by atoms with E-state index < -0.39 is 12.0 Å². The summed E-state index contributed by atoms with van der Waals surface area (Å²) in [4.78, 5) is 32.7. The molecule has 0 saturated carbocycles. The summed E-state index contributed by atoms with van der Waals surface area (Å²) in [5, 5.41) is 11.1. The number of rotatable bonds is 7. The van der Waals surface area contributed by atoms with Crippen LogP contribution in [-0.4, -0.2) is 28.8 Å². The van der Waals surface area contributed by atoms with E-state index in [1.807, 2.05) is 0 Å². The van der Waals surface area contributed by atoms with Crippen molar-refractivity contribution in [2.75, 3.05) is 0 Å². The van der Waals surface area contributed by atoms with E-state index in [2.05, 4.69) is 5.32 Å². The van der Waals surface area contributed by atoms with Gasteiger partial charge in [0, 0.05) is 19.3 Å². The molecule has 2 N–H and O–H groups in total. The van der Waals surface area contributed by atoms with E-state index >= 15 is 0 Å². The van der Waals surface area contributed by atoms with Crippen molar-refractivity contribution in [1.29, 1.82) is 0 Å². The maximum atomic E-state index is 11.0. The van der Waals surface area contributed by atoms with Gasteiger partial charge in [-0.25, -0.2) is 4.79 Å². The van der Waals surface area contributed by atoms with Crippen LogP contribution in [0.5, 0.6) is 0 Å². The van der Waals surface area contributed by atoms with Crippen LogP contribution in [0.4, 0.5) is 0 Å². The molecule has 0 bridgehead atoms. The lowest BCUT2D eigenvalue weighted by Gasteiger charge is -2.12. The molecule has 15 heavy (non-hydrogen) atoms. The third kappa shape index (κ3) is 5.83. The zero-order chi connectivity index (χ0) is 11.8. The molecule has 5 nitrogen and oxygen atoms in total. The predicted octanol–water partition coefficient (Wildman–Crippen LogP) is 0.725. The first-order valence-corrected chi connectivity index (χ1v) is 5.05. The van der Waals surface area contributed by atoms with Gasteiger partial charge >= 0.3 is 5.97 Å². The van der Waals surface area contributed by atoms with Crippen molar-refractivity contribution in [3.8, 4) is 0 Å². The molecule has 0 fully saturated rings. The van der Waals surface area contributed by atoms with Gasteiger partial charge in [-0.15, -0.1) is 0 Å². The van der Waals surface area contributed by atoms with Gasteiger partial charge in [0.05, 0.1) is 0 Å². The van der Waals surface area contributed by atoms with E-state index in [4.69, 9.17) is 5.11 Å². The number of carbonyl (C=O) groups is 3. The molecule has 0 aliphatic carbocycles. The molecule has 5 heteroatoms. The van der Waals surface area contributed by atoms with Gasteiger partial charge in [0.1, 0.15) is 11.8 Å². The molecule has 86 valence electrons. The molecule has 0 rings (SSSR count). The van der Waals surface area contributed by atoms with Gasteiger partial charge in [-0.3, -0.25) is 9.59 Å². The van der Waals surface area contributed by atoms with Crippen LogP contribution < -0.4 is 5.32 Å². The van der Waals surface area contributed by atoms with E-state index in [-0.39, 0.29) is 31.0 Å². The van der Waals surface area contributed by atoms with Crippen molar-refractivity contribution >= 4 is 17.7 Å². The molecular weight excluding hydrogens is 198 g/mol. The highest BCUT2D eigenvalue weighted by Gasteiger charge is 2.19. The molecule has 0 saturated heterocycles. The smallest absolute Gasteiger partial charge is 0.326 e. The van der Waals surface area contributed by atoms with Crippen molar-refractivity contribution in [2.45, 2.75) is 45.6 Å². The highest BCUT2D eigenvalue weighted by Crippen LogP contribution is 2.01. The Morgan fingerprint density at radius 3 is 2.20 bits per heavy atom. The van der Waals surface area contributed by atoms with Gasteiger partial charge in [0.2, 0.25) is 5.91 Å². The predicted molar refractivity (Wildman–Crippen MR) is 54.4 cm³/mol. The summed E-state index contributed by atoms with van der Waals surface area (Å²) >= 11 is 0. The lowest BCUT2D eigenvalue weighted by Crippen LogP contribution is -2.40. The first kappa shape index (κ1) is 13.6. The van der Waals surface area contributed by atoms with E-state index in [0.717, 1.165) is 0 Å². The second kappa shape index (κ2) is 6.98. The molecular formula is C10H17NO4. The Labute approximate surface area is 88.9 Å². The monoisotopic (exact) mass is 215 g/mol. The van der Waals surface area contributed by atoms with Crippen LogP contribution in [0.3, 0.4) is 0 Å². The van der Waals surface area contributed by atoms with E-state index in [1.165, 1.54) is 0 Å². The summed E-state index contributed by atoms with van der Waals surface area (Å²) in [6, 6.07) is -0.951. The number of Topliss-reactive ketones (excluding diaryl/α,β-unsaturated/α-hetero) is 1. The minimum Gasteiger partial charge on any atom is -0.480 e. The summed E-state index contributed by atoms with van der Waals surface area (Å²) in [5.74, 6) is -1.40. The standard InChI is InChI=1S/C10H17NO4/c1-3-7(12)5-6-8(10(14)15)11-9(13)4-2/h8H,3-6H2,1-2H3,(H,11,13)(H,14,15). The van der Waals surface area contributed by atoms with Crippen molar-refractivity contribution in [3.05, 3.63) is 0 Å². The highest BCUT2D eigenvalue weighted by atomic mass is 16.4. The Bertz CT molecular complexity index is 250. The van der Waals surface area contributed by atoms with E-state index in [1.54, 1.807) is 13.8 Å². The van der Waals surface area contributed by atoms with Crippen LogP contribution in [0, 0.1) is 0 Å². The molecule has 1 unspecified atom stereocenters. The number of carbonyl (C=O) groups excluding carboxylic acids is 2. The zero-order valence-corrected chi connectivity index (χ0v) is 9.08. The van der Waals surface area contributed by atoms with Crippen LogP contribution in [0.15, 0.2) is 0 Å². The molecule has 0 heterocycles. The number of carboxylic acids is 1. The molecule has 0 aromatic heterocycles. The van der Waals surface area contributed by atoms with Crippen LogP contribution >= 0.6 is 0 Å². The molecule has 0 aliphatic heterocycles. The fraction of sp³-hybridized carbons (Fsp3) is 0.700. The fourth-order valence-electron chi connectivity index (χ4n) is 1.04. The fourth-order valence-corrected chi connectivity index (χ4v) is 1.04. The maximum absolute atomic E-state index is 11.0. The minimum absolute atomic E-state index is 0.00648. The maximum Gasteiger partial charge on any atom is 0.326 e. The third-order valence-corrected chi connectivity index (χ3v) is 2.06. The molecule has 0 spiro atoms. The van der Waals surface area contributed by atoms with Gasteiger partial charge in [-0.1, -0.05) is 13.8 Å². The first-order chi connectivity index (χ1) is 7.01. The number of hydrogen-bond acceptors (Lipinski definition) is 3. The van der Waals surface area contributed by atoms with Gasteiger partial charge in [0.25, 0.3) is 0 Å². The first-order valence-electron chi connectivity index (χ1n) is 5.05. The summed E-state index contributed by atoms with van der Waals surface area (Å²) in [6.45, 7) is 3.37. The second-order valence-electron chi connectivity index (χ2n) is 3.24. The van der Waals surface area contributed by atoms with E-state index in [9.17, 15) is 14.4 Å². The van der Waals surface area contributed by atoms with Gasteiger partial charge < -0.3 is 10.4 Å². The molecule has 0 aromatic carbocycles. The quantitative estimate of drug-likeness (QED) is 0.655. The van der Waals surface area contributed by atoms with Crippen molar-refractivity contribution < 1.29 is 19.5 Å². The van der Waals surface area contributed by atoms with Crippen molar-refractivity contribution in [2.24, 2.45) is 0 Å². The number of amides is 1. The lowest BCUT2D eigenvalue weighted by atomic mass is 10.1. The van der Waals surface area contributed by atoms with E-state index in [0.29, 0.717) is 6.42 Å². The Balaban J connectivity index is 4.11. The Hall–Kier alpha value is -1.39. The van der Waals surface area contributed by atoms with Crippen LogP contribution in [0.25, 0.3) is 0 Å². The molecule has 1 atom stereocenters. The summed E-state index contributed by atoms with van der Waals surface area (Å²) in [5.41, 5.74) is 0. The summed E-state index contributed by atoms with van der Waals surface area (Å²) in [7, 11) is 0. The van der Waals surface area contributed by atoms with Crippen LogP contribution in [0.2, 0.25) is 0 Å². The number of hydrogen-bond donors (Lipinski definition) is 2. The number of ketones is 1. The average Bonchev–Trinajstić information content (AvgIpc) is 2.22. The number of aliphatic carboxylic acids is 1. The molecule has 0 aliphatic rings. The largest absolute Gasteiger partial charge is 0.480 e. The second-order valence-corrected chi connectivity index (χ2v) is 3.24. The van der Waals surface area contributed by atoms with Gasteiger partial charge in [-0.2, -0.15) is 0 Å². The van der Waals surface area contributed by atoms with Crippen molar-refractivity contribution in [3.63, 3.8) is 0 Å². The summed E-state index contributed by atoms with van der Waals surface area (Å²) < 4.78 is 0. The third-order valence-electron chi connectivity index (χ3n) is 2.06. The van der Waals surface area contributed by atoms with Crippen LogP contribution in [0.1, 0.15) is 39.5 Å². The Kier molecular flexibility index (Phi) is 6.33. The van der Waals surface area contributed by atoms with Gasteiger partial charge in [0.15, 0.2) is 0 Å². The molecule has 0 radical (unpaired) electrons. The number of carboxylic acid groups (broad SMARTS) is 1. The van der Waals surface area contributed by atoms with Crippen molar-refractivity contribution in [1.82, 2.24) is 5.32 Å². The molecule has 0 aromatic rings. The normalized spacial score (nSPS) is 11.9. The SMILES string of the molecule is CCC(=O)CCC(NC(=O)CC)C(=O)O. The summed E-state index contributed by atoms with van der Waals surface area (Å²) in [6.07, 6.45) is 0.991. The van der Waals surface area contributed by atoms with Crippen LogP contribution in [-0.2, 0) is 14.4 Å². The van der Waals surface area contributed by atoms with Gasteiger partial charge in [-0.05, 0) is 6.42 Å².